The summed E-state index contributed by atoms with van der Waals surface area (Å²) >= 11 is 0. The van der Waals surface area contributed by atoms with Crippen LogP contribution in [0.1, 0.15) is 0 Å². The maximum atomic E-state index is 0. The molecule has 0 bridgehead atoms. The van der Waals surface area contributed by atoms with E-state index in [-0.39, 0.29) is 181 Å². The first-order valence-electron chi connectivity index (χ1n) is 0. The van der Waals surface area contributed by atoms with Gasteiger partial charge in [-0.1, -0.05) is 0 Å². The zero-order chi connectivity index (χ0) is 0. The maximum Gasteiger partial charge on any atom is 2.00 e. The molecule has 0 saturated heterocycles. The third kappa shape index (κ3) is 62.7. The Bertz CT molecular complexity index is 20.5. The van der Waals surface area contributed by atoms with Gasteiger partial charge in [-0.25, -0.2) is 0 Å². The van der Waals surface area contributed by atoms with Crippen LogP contribution in [0.3, 0.4) is 0 Å². The monoisotopic (exact) mass is 246 g/mol. The third-order valence-electron chi connectivity index (χ3n) is 0. The normalized spacial score (nSPS) is 0. The van der Waals surface area contributed by atoms with Gasteiger partial charge >= 0.3 is 159 Å². The third-order valence-corrected chi connectivity index (χ3v) is 0. The van der Waals surface area contributed by atoms with E-state index in [0.29, 0.717) is 0 Å². The van der Waals surface area contributed by atoms with Crippen LogP contribution in [0, 0.1) is 0 Å². The SMILES string of the molecule is [Ca+2].[Fe+2].[K+].[Mg+2].[Na+].[O-2].[O-2].[O-2].[O-2]. The minimum Gasteiger partial charge on any atom is -2.00 e. The standard InChI is InChI=1S/Ca.Fe.K.Mg.Na.4O/q2*+2;+1;+2;+1;4*-2. The van der Waals surface area contributed by atoms with Gasteiger partial charge < -0.3 is 21.9 Å². The van der Waals surface area contributed by atoms with Gasteiger partial charge in [-0.3, -0.25) is 0 Å². The molecule has 0 amide bonds. The van der Waals surface area contributed by atoms with Crippen LogP contribution in [0.15, 0.2) is 0 Å². The molecule has 4 nitrogen and oxygen atoms in total. The number of hydrogen-bond acceptors (Lipinski definition) is 0. The molecule has 0 spiro atoms. The second-order valence-corrected chi connectivity index (χ2v) is 0. The van der Waals surface area contributed by atoms with Crippen molar-refractivity contribution in [2.45, 2.75) is 0 Å². The molecule has 0 fully saturated rings. The van der Waals surface area contributed by atoms with Crippen molar-refractivity contribution < 1.29 is 120 Å². The number of rotatable bonds is 0. The van der Waals surface area contributed by atoms with E-state index in [1.54, 1.807) is 0 Å². The first kappa shape index (κ1) is 94.3. The average Bonchev–Trinajstić information content (AvgIpc) is 0. The molecule has 0 heterocycles. The van der Waals surface area contributed by atoms with Crippen molar-refractivity contribution in [2.24, 2.45) is 0 Å². The van der Waals surface area contributed by atoms with Crippen LogP contribution in [-0.4, -0.2) is 60.8 Å². The van der Waals surface area contributed by atoms with Gasteiger partial charge in [0.15, 0.2) is 0 Å². The number of hydrogen-bond donors (Lipinski definition) is 0. The molecule has 9 heteroatoms. The summed E-state index contributed by atoms with van der Waals surface area (Å²) in [6.07, 6.45) is 0. The minimum atomic E-state index is 0. The largest absolute Gasteiger partial charge is 2.00 e. The van der Waals surface area contributed by atoms with Gasteiger partial charge in [-0.05, 0) is 0 Å². The molecular formula is CaFeKMgNaO4. The first-order valence-corrected chi connectivity index (χ1v) is 0. The van der Waals surface area contributed by atoms with E-state index in [1.807, 2.05) is 0 Å². The fraction of sp³-hybridized carbons (Fsp3) is 0. The fourth-order valence-electron chi connectivity index (χ4n) is 0. The van der Waals surface area contributed by atoms with Gasteiger partial charge in [-0.2, -0.15) is 0 Å². The van der Waals surface area contributed by atoms with E-state index >= 15 is 0 Å². The Balaban J connectivity index is 0. The molecule has 0 N–H and O–H groups in total. The second-order valence-electron chi connectivity index (χ2n) is 0. The molecule has 0 aliphatic carbocycles. The maximum absolute atomic E-state index is 0. The fourth-order valence-corrected chi connectivity index (χ4v) is 0. The zero-order valence-electron chi connectivity index (χ0n) is 5.40. The van der Waals surface area contributed by atoms with Crippen LogP contribution in [0.5, 0.6) is 0 Å². The topological polar surface area (TPSA) is 114 Å². The minimum absolute atomic E-state index is 0. The van der Waals surface area contributed by atoms with E-state index < -0.39 is 0 Å². The van der Waals surface area contributed by atoms with Gasteiger partial charge in [0.2, 0.25) is 0 Å². The van der Waals surface area contributed by atoms with Crippen molar-refractivity contribution in [2.75, 3.05) is 0 Å². The van der Waals surface area contributed by atoms with E-state index in [1.165, 1.54) is 0 Å². The molecule has 0 radical (unpaired) electrons. The predicted octanol–water partition coefficient (Wildman–Crippen LogP) is -7.23. The molecule has 0 saturated carbocycles. The van der Waals surface area contributed by atoms with Crippen LogP contribution in [0.2, 0.25) is 0 Å². The van der Waals surface area contributed by atoms with Crippen LogP contribution >= 0.6 is 0 Å². The molecule has 0 atom stereocenters. The molecule has 0 aromatic rings. The van der Waals surface area contributed by atoms with Crippen molar-refractivity contribution >= 4 is 60.8 Å². The summed E-state index contributed by atoms with van der Waals surface area (Å²) in [6.45, 7) is 0. The first-order chi connectivity index (χ1) is 0. The summed E-state index contributed by atoms with van der Waals surface area (Å²) in [7, 11) is 0. The van der Waals surface area contributed by atoms with Crippen molar-refractivity contribution in [3.63, 3.8) is 0 Å². The van der Waals surface area contributed by atoms with Gasteiger partial charge in [-0.15, -0.1) is 0 Å². The van der Waals surface area contributed by atoms with Crippen LogP contribution in [0.4, 0.5) is 0 Å². The Labute approximate surface area is 176 Å². The Morgan fingerprint density at radius 3 is 0.667 bits per heavy atom. The Kier molecular flexibility index (Phi) is 782. The molecule has 0 rings (SSSR count). The van der Waals surface area contributed by atoms with E-state index in [2.05, 4.69) is 0 Å². The second kappa shape index (κ2) is 74.6. The summed E-state index contributed by atoms with van der Waals surface area (Å²) in [4.78, 5) is 0. The van der Waals surface area contributed by atoms with Gasteiger partial charge in [0.05, 0.1) is 0 Å². The molecule has 0 aromatic carbocycles. The van der Waals surface area contributed by atoms with E-state index in [0.717, 1.165) is 0 Å². The summed E-state index contributed by atoms with van der Waals surface area (Å²) in [6, 6.07) is 0. The van der Waals surface area contributed by atoms with Crippen molar-refractivity contribution in [3.05, 3.63) is 0 Å². The summed E-state index contributed by atoms with van der Waals surface area (Å²) in [5, 5.41) is 0. The quantitative estimate of drug-likeness (QED) is 0.378. The van der Waals surface area contributed by atoms with Crippen molar-refractivity contribution in [1.82, 2.24) is 0 Å². The molecule has 0 aromatic heterocycles. The summed E-state index contributed by atoms with van der Waals surface area (Å²) in [5.41, 5.74) is 0. The average molecular weight is 246 g/mol. The Morgan fingerprint density at radius 1 is 0.667 bits per heavy atom. The van der Waals surface area contributed by atoms with Crippen LogP contribution in [-0.2, 0) is 39.0 Å². The molecule has 9 heavy (non-hydrogen) atoms. The van der Waals surface area contributed by atoms with Gasteiger partial charge in [0.25, 0.3) is 0 Å². The Hall–Kier alpha value is 5.02. The van der Waals surface area contributed by atoms with E-state index in [9.17, 15) is 0 Å². The smallest absolute Gasteiger partial charge is 2.00 e. The molecule has 0 aliphatic rings. The zero-order valence-corrected chi connectivity index (χ0v) is 15.3. The molecule has 0 unspecified atom stereocenters. The Morgan fingerprint density at radius 2 is 0.667 bits per heavy atom. The predicted molar refractivity (Wildman–Crippen MR) is 14.3 cm³/mol. The molecular weight excluding hydrogens is 246 g/mol. The van der Waals surface area contributed by atoms with Gasteiger partial charge in [0.1, 0.15) is 0 Å². The van der Waals surface area contributed by atoms with Crippen LogP contribution < -0.4 is 80.9 Å². The van der Waals surface area contributed by atoms with Gasteiger partial charge in [0, 0.05) is 0 Å². The molecule has 0 aliphatic heterocycles. The van der Waals surface area contributed by atoms with Crippen molar-refractivity contribution in [3.8, 4) is 0 Å². The summed E-state index contributed by atoms with van der Waals surface area (Å²) < 4.78 is 0. The molecule has 38 valence electrons. The van der Waals surface area contributed by atoms with E-state index in [4.69, 9.17) is 0 Å². The van der Waals surface area contributed by atoms with Crippen molar-refractivity contribution in [1.29, 1.82) is 0 Å². The summed E-state index contributed by atoms with van der Waals surface area (Å²) in [5.74, 6) is 0. The van der Waals surface area contributed by atoms with Crippen LogP contribution in [0.25, 0.3) is 0 Å².